The molecule has 18 heavy (non-hydrogen) atoms. The summed E-state index contributed by atoms with van der Waals surface area (Å²) in [6, 6.07) is 15.4. The maximum atomic E-state index is 3.63. The monoisotopic (exact) mass is 259 g/mol. The Morgan fingerprint density at radius 2 is 1.83 bits per heavy atom. The summed E-state index contributed by atoms with van der Waals surface area (Å²) in [7, 11) is 0. The zero-order chi connectivity index (χ0) is 13.0. The van der Waals surface area contributed by atoms with E-state index in [1.165, 1.54) is 10.4 Å². The van der Waals surface area contributed by atoms with E-state index >= 15 is 0 Å². The molecule has 0 saturated heterocycles. The van der Waals surface area contributed by atoms with Crippen molar-refractivity contribution in [3.8, 4) is 0 Å². The second-order valence-electron chi connectivity index (χ2n) is 5.37. The lowest BCUT2D eigenvalue weighted by Gasteiger charge is -2.27. The zero-order valence-electron chi connectivity index (χ0n) is 11.3. The van der Waals surface area contributed by atoms with Gasteiger partial charge >= 0.3 is 0 Å². The van der Waals surface area contributed by atoms with Gasteiger partial charge in [-0.3, -0.25) is 0 Å². The van der Waals surface area contributed by atoms with Gasteiger partial charge in [0, 0.05) is 22.9 Å². The van der Waals surface area contributed by atoms with Crippen molar-refractivity contribution in [1.82, 2.24) is 5.32 Å². The van der Waals surface area contributed by atoms with Crippen molar-refractivity contribution in [3.05, 3.63) is 58.3 Å². The quantitative estimate of drug-likeness (QED) is 0.840. The van der Waals surface area contributed by atoms with E-state index in [4.69, 9.17) is 0 Å². The highest BCUT2D eigenvalue weighted by atomic mass is 32.1. The number of benzene rings is 1. The van der Waals surface area contributed by atoms with Gasteiger partial charge in [0.2, 0.25) is 0 Å². The van der Waals surface area contributed by atoms with Gasteiger partial charge in [0.25, 0.3) is 0 Å². The van der Waals surface area contributed by atoms with E-state index in [1.54, 1.807) is 0 Å². The number of hydrogen-bond donors (Lipinski definition) is 1. The molecule has 0 radical (unpaired) electrons. The number of thiophene rings is 1. The van der Waals surface area contributed by atoms with Gasteiger partial charge in [-0.1, -0.05) is 50.2 Å². The molecule has 1 heterocycles. The van der Waals surface area contributed by atoms with Crippen LogP contribution in [0.5, 0.6) is 0 Å². The average Bonchev–Trinajstić information content (AvgIpc) is 2.91. The highest BCUT2D eigenvalue weighted by molar-refractivity contribution is 7.10. The second kappa shape index (κ2) is 5.68. The largest absolute Gasteiger partial charge is 0.309 e. The van der Waals surface area contributed by atoms with Crippen LogP contribution in [0.1, 0.15) is 37.3 Å². The third kappa shape index (κ3) is 3.21. The van der Waals surface area contributed by atoms with Crippen LogP contribution >= 0.6 is 11.3 Å². The van der Waals surface area contributed by atoms with E-state index in [2.05, 4.69) is 73.9 Å². The normalized spacial score (nSPS) is 13.5. The standard InChI is InChI=1S/C16H21NS/c1-13(15-10-7-11-18-15)17-12-16(2,3)14-8-5-4-6-9-14/h4-11,13,17H,12H2,1-3H3. The molecule has 2 rings (SSSR count). The van der Waals surface area contributed by atoms with Crippen LogP contribution in [0.15, 0.2) is 47.8 Å². The molecule has 1 nitrogen and oxygen atoms in total. The van der Waals surface area contributed by atoms with Crippen molar-refractivity contribution in [1.29, 1.82) is 0 Å². The molecule has 0 fully saturated rings. The summed E-state index contributed by atoms with van der Waals surface area (Å²) in [6.07, 6.45) is 0. The van der Waals surface area contributed by atoms with Crippen molar-refractivity contribution in [2.45, 2.75) is 32.2 Å². The number of hydrogen-bond acceptors (Lipinski definition) is 2. The minimum atomic E-state index is 0.160. The van der Waals surface area contributed by atoms with Crippen molar-refractivity contribution >= 4 is 11.3 Å². The van der Waals surface area contributed by atoms with Crippen molar-refractivity contribution < 1.29 is 0 Å². The number of rotatable bonds is 5. The molecule has 1 aromatic carbocycles. The first-order valence-electron chi connectivity index (χ1n) is 6.42. The Bertz CT molecular complexity index is 459. The molecule has 1 unspecified atom stereocenters. The predicted molar refractivity (Wildman–Crippen MR) is 80.2 cm³/mol. The molecule has 2 heteroatoms. The Labute approximate surface area is 114 Å². The molecule has 96 valence electrons. The summed E-state index contributed by atoms with van der Waals surface area (Å²) in [5.41, 5.74) is 1.54. The topological polar surface area (TPSA) is 12.0 Å². The summed E-state index contributed by atoms with van der Waals surface area (Å²) in [4.78, 5) is 1.40. The molecule has 0 spiro atoms. The summed E-state index contributed by atoms with van der Waals surface area (Å²) >= 11 is 1.81. The molecule has 0 aliphatic heterocycles. The Morgan fingerprint density at radius 3 is 2.44 bits per heavy atom. The lowest BCUT2D eigenvalue weighted by Crippen LogP contribution is -2.34. The van der Waals surface area contributed by atoms with Gasteiger partial charge in [-0.15, -0.1) is 11.3 Å². The van der Waals surface area contributed by atoms with Crippen molar-refractivity contribution in [2.24, 2.45) is 0 Å². The van der Waals surface area contributed by atoms with Crippen molar-refractivity contribution in [3.63, 3.8) is 0 Å². The van der Waals surface area contributed by atoms with Gasteiger partial charge in [-0.2, -0.15) is 0 Å². The second-order valence-corrected chi connectivity index (χ2v) is 6.35. The zero-order valence-corrected chi connectivity index (χ0v) is 12.1. The van der Waals surface area contributed by atoms with E-state index in [0.29, 0.717) is 6.04 Å². The maximum Gasteiger partial charge on any atom is 0.0386 e. The molecule has 2 aromatic rings. The highest BCUT2D eigenvalue weighted by Gasteiger charge is 2.21. The third-order valence-corrected chi connectivity index (χ3v) is 4.43. The fourth-order valence-corrected chi connectivity index (χ4v) is 2.80. The van der Waals surface area contributed by atoms with Gasteiger partial charge in [0.05, 0.1) is 0 Å². The third-order valence-electron chi connectivity index (χ3n) is 3.38. The summed E-state index contributed by atoms with van der Waals surface area (Å²) in [6.45, 7) is 7.79. The van der Waals surface area contributed by atoms with Crippen LogP contribution in [0.2, 0.25) is 0 Å². The molecular weight excluding hydrogens is 238 g/mol. The smallest absolute Gasteiger partial charge is 0.0386 e. The van der Waals surface area contributed by atoms with Crippen LogP contribution in [0.25, 0.3) is 0 Å². The van der Waals surface area contributed by atoms with Gasteiger partial charge < -0.3 is 5.32 Å². The fourth-order valence-electron chi connectivity index (χ4n) is 2.04. The molecule has 0 bridgehead atoms. The number of nitrogens with one attached hydrogen (secondary N) is 1. The SMILES string of the molecule is CC(NCC(C)(C)c1ccccc1)c1cccs1. The molecule has 1 aromatic heterocycles. The first-order chi connectivity index (χ1) is 8.59. The Balaban J connectivity index is 1.97. The predicted octanol–water partition coefficient (Wildman–Crippen LogP) is 4.38. The molecule has 1 atom stereocenters. The first-order valence-corrected chi connectivity index (χ1v) is 7.30. The van der Waals surface area contributed by atoms with E-state index in [-0.39, 0.29) is 5.41 Å². The lowest BCUT2D eigenvalue weighted by molar-refractivity contribution is 0.438. The molecule has 0 amide bonds. The molecular formula is C16H21NS. The van der Waals surface area contributed by atoms with Crippen LogP contribution in [-0.4, -0.2) is 6.54 Å². The van der Waals surface area contributed by atoms with Crippen LogP contribution in [0, 0.1) is 0 Å². The highest BCUT2D eigenvalue weighted by Crippen LogP contribution is 2.24. The summed E-state index contributed by atoms with van der Waals surface area (Å²) in [5, 5.41) is 5.77. The maximum absolute atomic E-state index is 3.63. The summed E-state index contributed by atoms with van der Waals surface area (Å²) in [5.74, 6) is 0. The Hall–Kier alpha value is -1.12. The van der Waals surface area contributed by atoms with Gasteiger partial charge in [0.15, 0.2) is 0 Å². The molecule has 1 N–H and O–H groups in total. The molecule has 0 aliphatic rings. The fraction of sp³-hybridized carbons (Fsp3) is 0.375. The minimum Gasteiger partial charge on any atom is -0.309 e. The van der Waals surface area contributed by atoms with Crippen LogP contribution < -0.4 is 5.32 Å². The average molecular weight is 259 g/mol. The molecule has 0 aliphatic carbocycles. The van der Waals surface area contributed by atoms with Crippen LogP contribution in [-0.2, 0) is 5.41 Å². The van der Waals surface area contributed by atoms with Crippen molar-refractivity contribution in [2.75, 3.05) is 6.54 Å². The Kier molecular flexibility index (Phi) is 4.20. The first kappa shape index (κ1) is 13.3. The summed E-state index contributed by atoms with van der Waals surface area (Å²) < 4.78 is 0. The van der Waals surface area contributed by atoms with Gasteiger partial charge in [-0.25, -0.2) is 0 Å². The van der Waals surface area contributed by atoms with E-state index in [1.807, 2.05) is 11.3 Å². The van der Waals surface area contributed by atoms with E-state index in [9.17, 15) is 0 Å². The van der Waals surface area contributed by atoms with Crippen LogP contribution in [0.4, 0.5) is 0 Å². The van der Waals surface area contributed by atoms with Gasteiger partial charge in [0.1, 0.15) is 0 Å². The van der Waals surface area contributed by atoms with E-state index < -0.39 is 0 Å². The van der Waals surface area contributed by atoms with Crippen LogP contribution in [0.3, 0.4) is 0 Å². The van der Waals surface area contributed by atoms with E-state index in [0.717, 1.165) is 6.54 Å². The Morgan fingerprint density at radius 1 is 1.11 bits per heavy atom. The minimum absolute atomic E-state index is 0.160. The lowest BCUT2D eigenvalue weighted by atomic mass is 9.84. The van der Waals surface area contributed by atoms with Gasteiger partial charge in [-0.05, 0) is 23.9 Å². The molecule has 0 saturated carbocycles.